The molecule has 0 spiro atoms. The van der Waals surface area contributed by atoms with E-state index in [1.165, 1.54) is 18.2 Å². The van der Waals surface area contributed by atoms with Crippen LogP contribution in [0.15, 0.2) is 59.6 Å². The van der Waals surface area contributed by atoms with Gasteiger partial charge in [0.2, 0.25) is 0 Å². The second-order valence-electron chi connectivity index (χ2n) is 7.19. The van der Waals surface area contributed by atoms with Crippen LogP contribution in [0, 0.1) is 11.6 Å². The molecule has 0 bridgehead atoms. The van der Waals surface area contributed by atoms with Crippen LogP contribution in [0.25, 0.3) is 22.3 Å². The van der Waals surface area contributed by atoms with Crippen LogP contribution in [-0.4, -0.2) is 16.7 Å². The van der Waals surface area contributed by atoms with Crippen LogP contribution in [0.3, 0.4) is 0 Å². The predicted molar refractivity (Wildman–Crippen MR) is 109 cm³/mol. The van der Waals surface area contributed by atoms with E-state index in [-0.39, 0.29) is 5.75 Å². The summed E-state index contributed by atoms with van der Waals surface area (Å²) in [5, 5.41) is 10.8. The second-order valence-corrected chi connectivity index (χ2v) is 7.63. The highest BCUT2D eigenvalue weighted by Crippen LogP contribution is 2.37. The van der Waals surface area contributed by atoms with Crippen molar-refractivity contribution in [2.45, 2.75) is 19.6 Å². The number of hydroxylamine groups is 1. The molecule has 2 N–H and O–H groups in total. The zero-order valence-electron chi connectivity index (χ0n) is 15.6. The highest BCUT2D eigenvalue weighted by molar-refractivity contribution is 6.31. The van der Waals surface area contributed by atoms with Crippen molar-refractivity contribution in [3.05, 3.63) is 76.8 Å². The van der Waals surface area contributed by atoms with E-state index in [1.54, 1.807) is 44.2 Å². The number of nitrogens with one attached hydrogen (secondary N) is 1. The normalized spacial score (nSPS) is 15.1. The molecule has 0 atom stereocenters. The van der Waals surface area contributed by atoms with E-state index in [4.69, 9.17) is 16.4 Å². The first-order valence-corrected chi connectivity index (χ1v) is 9.23. The lowest BCUT2D eigenvalue weighted by Crippen LogP contribution is -2.23. The van der Waals surface area contributed by atoms with Crippen molar-refractivity contribution in [1.29, 1.82) is 0 Å². The maximum Gasteiger partial charge on any atom is 0.182 e. The van der Waals surface area contributed by atoms with Gasteiger partial charge in [-0.3, -0.25) is 0 Å². The van der Waals surface area contributed by atoms with Gasteiger partial charge in [-0.1, -0.05) is 23.7 Å². The molecule has 1 heterocycles. The van der Waals surface area contributed by atoms with Crippen LogP contribution in [-0.2, 0) is 4.84 Å². The lowest BCUT2D eigenvalue weighted by molar-refractivity contribution is -0.0270. The summed E-state index contributed by atoms with van der Waals surface area (Å²) < 4.78 is 27.6. The van der Waals surface area contributed by atoms with E-state index in [0.717, 1.165) is 6.07 Å². The standard InChI is InChI=1S/C22H17ClF2N2O2/c1-22(2)26-21(27-29-22)19-9-12(3-6-20(19)28)18-10-14(23)4-5-17(18)13-7-15(24)11-16(25)8-13/h3-11,28H,1-2H3,(H,26,27). The Bertz CT molecular complexity index is 1130. The Kier molecular flexibility index (Phi) is 4.76. The lowest BCUT2D eigenvalue weighted by Gasteiger charge is -2.13. The lowest BCUT2D eigenvalue weighted by atomic mass is 9.93. The molecule has 4 rings (SSSR count). The number of amidine groups is 1. The molecule has 0 unspecified atom stereocenters. The summed E-state index contributed by atoms with van der Waals surface area (Å²) in [7, 11) is 0. The summed E-state index contributed by atoms with van der Waals surface area (Å²) in [5.41, 5.74) is 4.71. The number of rotatable bonds is 3. The number of hydrogen-bond donors (Lipinski definition) is 2. The van der Waals surface area contributed by atoms with Gasteiger partial charge < -0.3 is 5.11 Å². The van der Waals surface area contributed by atoms with Gasteiger partial charge in [0.05, 0.1) is 5.56 Å². The Morgan fingerprint density at radius 1 is 0.897 bits per heavy atom. The van der Waals surface area contributed by atoms with Gasteiger partial charge in [0.1, 0.15) is 17.4 Å². The third kappa shape index (κ3) is 3.95. The zero-order chi connectivity index (χ0) is 20.8. The average Bonchev–Trinajstić information content (AvgIpc) is 3.01. The van der Waals surface area contributed by atoms with Gasteiger partial charge in [0.15, 0.2) is 11.6 Å². The van der Waals surface area contributed by atoms with Gasteiger partial charge >= 0.3 is 0 Å². The molecule has 0 saturated carbocycles. The minimum Gasteiger partial charge on any atom is -0.507 e. The van der Waals surface area contributed by atoms with Gasteiger partial charge in [0, 0.05) is 11.1 Å². The van der Waals surface area contributed by atoms with Crippen molar-refractivity contribution in [1.82, 2.24) is 5.48 Å². The van der Waals surface area contributed by atoms with Crippen LogP contribution in [0.2, 0.25) is 5.02 Å². The molecular formula is C22H17ClF2N2O2. The monoisotopic (exact) mass is 414 g/mol. The van der Waals surface area contributed by atoms with Gasteiger partial charge in [-0.2, -0.15) is 0 Å². The first-order valence-electron chi connectivity index (χ1n) is 8.85. The predicted octanol–water partition coefficient (Wildman–Crippen LogP) is 5.68. The van der Waals surface area contributed by atoms with E-state index < -0.39 is 17.4 Å². The first-order chi connectivity index (χ1) is 13.7. The third-order valence-electron chi connectivity index (χ3n) is 4.50. The molecule has 7 heteroatoms. The van der Waals surface area contributed by atoms with E-state index in [9.17, 15) is 13.9 Å². The summed E-state index contributed by atoms with van der Waals surface area (Å²) in [5.74, 6) is -0.941. The van der Waals surface area contributed by atoms with Gasteiger partial charge in [0.25, 0.3) is 0 Å². The van der Waals surface area contributed by atoms with Crippen LogP contribution in [0.5, 0.6) is 5.75 Å². The summed E-state index contributed by atoms with van der Waals surface area (Å²) in [4.78, 5) is 9.78. The number of nitrogens with zero attached hydrogens (tertiary/aromatic N) is 1. The van der Waals surface area contributed by atoms with Crippen molar-refractivity contribution in [3.8, 4) is 28.0 Å². The molecule has 0 radical (unpaired) electrons. The van der Waals surface area contributed by atoms with Crippen LogP contribution < -0.4 is 5.48 Å². The fourth-order valence-corrected chi connectivity index (χ4v) is 3.39. The van der Waals surface area contributed by atoms with E-state index in [0.29, 0.717) is 38.7 Å². The third-order valence-corrected chi connectivity index (χ3v) is 4.73. The SMILES string of the molecule is CC1(C)N=C(c2cc(-c3cc(Cl)ccc3-c3cc(F)cc(F)c3)ccc2O)NO1. The molecule has 0 fully saturated rings. The van der Waals surface area contributed by atoms with Crippen molar-refractivity contribution < 1.29 is 18.7 Å². The Morgan fingerprint density at radius 2 is 1.62 bits per heavy atom. The second kappa shape index (κ2) is 7.13. The summed E-state index contributed by atoms with van der Waals surface area (Å²) in [6.45, 7) is 3.56. The van der Waals surface area contributed by atoms with Crippen LogP contribution in [0.1, 0.15) is 19.4 Å². The molecular weight excluding hydrogens is 398 g/mol. The van der Waals surface area contributed by atoms with Crippen molar-refractivity contribution in [3.63, 3.8) is 0 Å². The highest BCUT2D eigenvalue weighted by Gasteiger charge is 2.28. The highest BCUT2D eigenvalue weighted by atomic mass is 35.5. The van der Waals surface area contributed by atoms with E-state index >= 15 is 0 Å². The number of phenolic OH excluding ortho intramolecular Hbond substituents is 1. The number of benzene rings is 3. The number of aliphatic imine (C=N–C) groups is 1. The number of halogens is 3. The molecule has 0 aromatic heterocycles. The van der Waals surface area contributed by atoms with Crippen molar-refractivity contribution >= 4 is 17.4 Å². The fraction of sp³-hybridized carbons (Fsp3) is 0.136. The molecule has 148 valence electrons. The Labute approximate surface area is 171 Å². The Hall–Kier alpha value is -2.96. The molecule has 29 heavy (non-hydrogen) atoms. The van der Waals surface area contributed by atoms with Crippen molar-refractivity contribution in [2.75, 3.05) is 0 Å². The Morgan fingerprint density at radius 3 is 2.28 bits per heavy atom. The molecule has 1 aliphatic heterocycles. The maximum absolute atomic E-state index is 13.8. The minimum atomic E-state index is -0.766. The molecule has 1 aliphatic rings. The van der Waals surface area contributed by atoms with Crippen LogP contribution in [0.4, 0.5) is 8.78 Å². The topological polar surface area (TPSA) is 53.9 Å². The number of phenols is 1. The Balaban J connectivity index is 1.88. The summed E-state index contributed by atoms with van der Waals surface area (Å²) in [6.07, 6.45) is 0. The fourth-order valence-electron chi connectivity index (χ4n) is 3.21. The van der Waals surface area contributed by atoms with Crippen molar-refractivity contribution in [2.24, 2.45) is 4.99 Å². The first kappa shape index (κ1) is 19.4. The number of hydrogen-bond acceptors (Lipinski definition) is 4. The molecule has 0 saturated heterocycles. The number of aromatic hydroxyl groups is 1. The molecule has 0 amide bonds. The van der Waals surface area contributed by atoms with E-state index in [1.807, 2.05) is 0 Å². The van der Waals surface area contributed by atoms with E-state index in [2.05, 4.69) is 10.5 Å². The smallest absolute Gasteiger partial charge is 0.182 e. The molecule has 3 aromatic carbocycles. The molecule has 3 aromatic rings. The minimum absolute atomic E-state index is 0.0154. The quantitative estimate of drug-likeness (QED) is 0.580. The maximum atomic E-state index is 13.8. The van der Waals surface area contributed by atoms with Gasteiger partial charge in [-0.25, -0.2) is 24.1 Å². The van der Waals surface area contributed by atoms with Gasteiger partial charge in [-0.15, -0.1) is 0 Å². The largest absolute Gasteiger partial charge is 0.507 e. The average molecular weight is 415 g/mol. The molecule has 0 aliphatic carbocycles. The van der Waals surface area contributed by atoms with Gasteiger partial charge in [-0.05, 0) is 72.5 Å². The summed E-state index contributed by atoms with van der Waals surface area (Å²) >= 11 is 6.20. The zero-order valence-corrected chi connectivity index (χ0v) is 16.4. The molecule has 4 nitrogen and oxygen atoms in total. The summed E-state index contributed by atoms with van der Waals surface area (Å²) in [6, 6.07) is 13.4. The van der Waals surface area contributed by atoms with Crippen LogP contribution >= 0.6 is 11.6 Å².